The zero-order valence-electron chi connectivity index (χ0n) is 13.8. The molecule has 1 aromatic rings. The first-order valence-electron chi connectivity index (χ1n) is 7.48. The first kappa shape index (κ1) is 17.8. The summed E-state index contributed by atoms with van der Waals surface area (Å²) in [5, 5.41) is -0.880. The van der Waals surface area contributed by atoms with E-state index >= 15 is 0 Å². The fraction of sp³-hybridized carbons (Fsp3) is 0.529. The smallest absolute Gasteiger partial charge is 0.331 e. The molecule has 1 fully saturated rings. The zero-order chi connectivity index (χ0) is 17.2. The average Bonchev–Trinajstić information content (AvgIpc) is 2.98. The summed E-state index contributed by atoms with van der Waals surface area (Å²) >= 11 is 6.37. The van der Waals surface area contributed by atoms with Gasteiger partial charge in [0.05, 0.1) is 13.7 Å². The van der Waals surface area contributed by atoms with Crippen molar-refractivity contribution in [2.45, 2.75) is 38.4 Å². The molecule has 126 valence electrons. The third-order valence-electron chi connectivity index (χ3n) is 3.78. The highest BCUT2D eigenvalue weighted by atomic mass is 35.5. The Morgan fingerprint density at radius 3 is 2.43 bits per heavy atom. The summed E-state index contributed by atoms with van der Waals surface area (Å²) in [6.07, 6.45) is -0.538. The molecule has 1 aliphatic heterocycles. The van der Waals surface area contributed by atoms with Crippen LogP contribution in [0.2, 0.25) is 0 Å². The SMILES string of the molecule is COC(=O)[C@@H]1CO[C@H](C(C)(C)C)N1C(=O)[C@@H](Cl)c1ccccc1. The number of alkyl halides is 1. The van der Waals surface area contributed by atoms with Crippen molar-refractivity contribution < 1.29 is 19.1 Å². The Bertz CT molecular complexity index is 570. The number of amides is 1. The lowest BCUT2D eigenvalue weighted by Gasteiger charge is -2.36. The Hall–Kier alpha value is -1.59. The number of carbonyl (C=O) groups is 2. The van der Waals surface area contributed by atoms with Crippen molar-refractivity contribution >= 4 is 23.5 Å². The maximum absolute atomic E-state index is 12.9. The van der Waals surface area contributed by atoms with Crippen LogP contribution in [-0.4, -0.2) is 42.8 Å². The fourth-order valence-electron chi connectivity index (χ4n) is 2.66. The Morgan fingerprint density at radius 2 is 1.91 bits per heavy atom. The molecule has 1 saturated heterocycles. The lowest BCUT2D eigenvalue weighted by Crippen LogP contribution is -2.51. The lowest BCUT2D eigenvalue weighted by molar-refractivity contribution is -0.155. The van der Waals surface area contributed by atoms with Gasteiger partial charge in [-0.25, -0.2) is 4.79 Å². The summed E-state index contributed by atoms with van der Waals surface area (Å²) in [5.41, 5.74) is 0.327. The summed E-state index contributed by atoms with van der Waals surface area (Å²) < 4.78 is 10.5. The highest BCUT2D eigenvalue weighted by molar-refractivity contribution is 6.31. The van der Waals surface area contributed by atoms with Crippen molar-refractivity contribution in [3.8, 4) is 0 Å². The summed E-state index contributed by atoms with van der Waals surface area (Å²) in [6, 6.07) is 8.28. The monoisotopic (exact) mass is 339 g/mol. The fourth-order valence-corrected chi connectivity index (χ4v) is 2.91. The highest BCUT2D eigenvalue weighted by Gasteiger charge is 2.48. The van der Waals surface area contributed by atoms with Crippen molar-refractivity contribution in [2.75, 3.05) is 13.7 Å². The predicted octanol–water partition coefficient (Wildman–Crippen LogP) is 2.74. The van der Waals surface area contributed by atoms with Gasteiger partial charge in [-0.1, -0.05) is 51.1 Å². The summed E-state index contributed by atoms with van der Waals surface area (Å²) in [5.74, 6) is -0.854. The number of esters is 1. The molecule has 3 atom stereocenters. The molecule has 2 rings (SSSR count). The molecule has 0 bridgehead atoms. The van der Waals surface area contributed by atoms with Crippen LogP contribution >= 0.6 is 11.6 Å². The van der Waals surface area contributed by atoms with Crippen LogP contribution in [0, 0.1) is 5.41 Å². The van der Waals surface area contributed by atoms with Gasteiger partial charge < -0.3 is 9.47 Å². The Labute approximate surface area is 141 Å². The number of benzene rings is 1. The van der Waals surface area contributed by atoms with Crippen molar-refractivity contribution in [1.82, 2.24) is 4.90 Å². The third-order valence-corrected chi connectivity index (χ3v) is 4.22. The first-order valence-corrected chi connectivity index (χ1v) is 7.91. The molecule has 0 saturated carbocycles. The molecule has 6 heteroatoms. The normalized spacial score (nSPS) is 22.7. The quantitative estimate of drug-likeness (QED) is 0.627. The van der Waals surface area contributed by atoms with Gasteiger partial charge in [-0.2, -0.15) is 0 Å². The molecule has 0 N–H and O–H groups in total. The van der Waals surface area contributed by atoms with Gasteiger partial charge in [-0.3, -0.25) is 9.69 Å². The standard InChI is InChI=1S/C17H22ClNO4/c1-17(2,3)16-19(12(10-23-16)15(21)22-4)14(20)13(18)11-8-6-5-7-9-11/h5-9,12-13,16H,10H2,1-4H3/t12-,13-,16+/m0/s1. The Morgan fingerprint density at radius 1 is 1.30 bits per heavy atom. The molecule has 1 aliphatic rings. The zero-order valence-corrected chi connectivity index (χ0v) is 14.5. The molecule has 5 nitrogen and oxygen atoms in total. The van der Waals surface area contributed by atoms with Crippen LogP contribution in [0.25, 0.3) is 0 Å². The van der Waals surface area contributed by atoms with E-state index in [9.17, 15) is 9.59 Å². The maximum atomic E-state index is 12.9. The van der Waals surface area contributed by atoms with Gasteiger partial charge in [-0.15, -0.1) is 11.6 Å². The summed E-state index contributed by atoms with van der Waals surface area (Å²) in [6.45, 7) is 5.95. The van der Waals surface area contributed by atoms with Crippen molar-refractivity contribution in [1.29, 1.82) is 0 Å². The summed E-state index contributed by atoms with van der Waals surface area (Å²) in [4.78, 5) is 26.4. The number of hydrogen-bond acceptors (Lipinski definition) is 4. The van der Waals surface area contributed by atoms with E-state index in [0.29, 0.717) is 5.56 Å². The number of methoxy groups -OCH3 is 1. The Kier molecular flexibility index (Phi) is 5.32. The number of hydrogen-bond donors (Lipinski definition) is 0. The van der Waals surface area contributed by atoms with Crippen molar-refractivity contribution in [2.24, 2.45) is 5.41 Å². The van der Waals surface area contributed by atoms with Crippen LogP contribution in [0.5, 0.6) is 0 Å². The predicted molar refractivity (Wildman–Crippen MR) is 86.9 cm³/mol. The molecular formula is C17H22ClNO4. The molecule has 1 amide bonds. The van der Waals surface area contributed by atoms with Gasteiger partial charge in [0.25, 0.3) is 0 Å². The molecule has 0 radical (unpaired) electrons. The van der Waals surface area contributed by atoms with E-state index < -0.39 is 23.6 Å². The molecule has 0 spiro atoms. The van der Waals surface area contributed by atoms with E-state index in [0.717, 1.165) is 0 Å². The minimum Gasteiger partial charge on any atom is -0.467 e. The van der Waals surface area contributed by atoms with Crippen molar-refractivity contribution in [3.05, 3.63) is 35.9 Å². The van der Waals surface area contributed by atoms with Gasteiger partial charge in [-0.05, 0) is 5.56 Å². The maximum Gasteiger partial charge on any atom is 0.331 e. The molecule has 0 aromatic heterocycles. The molecule has 23 heavy (non-hydrogen) atoms. The molecule has 1 aromatic carbocycles. The number of ether oxygens (including phenoxy) is 2. The topological polar surface area (TPSA) is 55.8 Å². The number of nitrogens with zero attached hydrogens (tertiary/aromatic N) is 1. The van der Waals surface area contributed by atoms with Crippen LogP contribution in [0.15, 0.2) is 30.3 Å². The highest BCUT2D eigenvalue weighted by Crippen LogP contribution is 2.35. The Balaban J connectivity index is 2.32. The second-order valence-corrected chi connectivity index (χ2v) is 7.05. The average molecular weight is 340 g/mol. The van der Waals surface area contributed by atoms with Gasteiger partial charge in [0.1, 0.15) is 11.6 Å². The minimum atomic E-state index is -0.880. The van der Waals surface area contributed by atoms with E-state index in [1.54, 1.807) is 12.1 Å². The number of halogens is 1. The van der Waals surface area contributed by atoms with Crippen LogP contribution in [0.3, 0.4) is 0 Å². The summed E-state index contributed by atoms with van der Waals surface area (Å²) in [7, 11) is 1.30. The van der Waals surface area contributed by atoms with E-state index in [2.05, 4.69) is 0 Å². The lowest BCUT2D eigenvalue weighted by atomic mass is 9.92. The molecule has 0 unspecified atom stereocenters. The van der Waals surface area contributed by atoms with Gasteiger partial charge in [0, 0.05) is 5.41 Å². The number of rotatable bonds is 3. The van der Waals surface area contributed by atoms with E-state index in [4.69, 9.17) is 21.1 Å². The van der Waals surface area contributed by atoms with Gasteiger partial charge in [0.2, 0.25) is 5.91 Å². The number of carbonyl (C=O) groups excluding carboxylic acids is 2. The second-order valence-electron chi connectivity index (χ2n) is 6.61. The molecule has 1 heterocycles. The van der Waals surface area contributed by atoms with E-state index in [-0.39, 0.29) is 17.9 Å². The van der Waals surface area contributed by atoms with Gasteiger partial charge >= 0.3 is 5.97 Å². The van der Waals surface area contributed by atoms with Gasteiger partial charge in [0.15, 0.2) is 6.04 Å². The molecular weight excluding hydrogens is 318 g/mol. The molecule has 0 aliphatic carbocycles. The van der Waals surface area contributed by atoms with Crippen LogP contribution in [0.4, 0.5) is 0 Å². The second kappa shape index (κ2) is 6.89. The van der Waals surface area contributed by atoms with Crippen molar-refractivity contribution in [3.63, 3.8) is 0 Å². The van der Waals surface area contributed by atoms with E-state index in [1.165, 1.54) is 12.0 Å². The van der Waals surface area contributed by atoms with Crippen LogP contribution < -0.4 is 0 Å². The first-order chi connectivity index (χ1) is 10.8. The van der Waals surface area contributed by atoms with Crippen LogP contribution in [-0.2, 0) is 19.1 Å². The third kappa shape index (κ3) is 3.67. The minimum absolute atomic E-state index is 0.110. The van der Waals surface area contributed by atoms with E-state index in [1.807, 2.05) is 39.0 Å². The van der Waals surface area contributed by atoms with Crippen LogP contribution in [0.1, 0.15) is 31.7 Å². The largest absolute Gasteiger partial charge is 0.467 e.